The Morgan fingerprint density at radius 3 is 2.80 bits per heavy atom. The topological polar surface area (TPSA) is 66.4 Å². The summed E-state index contributed by atoms with van der Waals surface area (Å²) in [5.74, 6) is -1.04. The fraction of sp³-hybridized carbons (Fsp3) is 0.600. The van der Waals surface area contributed by atoms with Gasteiger partial charge in [-0.05, 0) is 0 Å². The number of aliphatic carboxylic acids is 1. The van der Waals surface area contributed by atoms with Crippen molar-refractivity contribution < 1.29 is 14.7 Å². The summed E-state index contributed by atoms with van der Waals surface area (Å²) in [5, 5.41) is 5.92. The monoisotopic (exact) mass is 164 g/mol. The van der Waals surface area contributed by atoms with Crippen LogP contribution in [0.1, 0.15) is 6.92 Å². The van der Waals surface area contributed by atoms with Crippen LogP contribution in [0.25, 0.3) is 1.43 Å². The number of hydrogen-bond donors (Lipinski definition) is 3. The molecular weight excluding hydrogens is 154 g/mol. The molecule has 0 fully saturated rings. The van der Waals surface area contributed by atoms with Gasteiger partial charge < -0.3 is 10.4 Å². The van der Waals surface area contributed by atoms with Crippen molar-refractivity contribution in [3.63, 3.8) is 0 Å². The van der Waals surface area contributed by atoms with E-state index in [2.05, 4.69) is 23.1 Å². The van der Waals surface area contributed by atoms with Crippen molar-refractivity contribution in [3.05, 3.63) is 0 Å². The first-order chi connectivity index (χ1) is 5.11. The van der Waals surface area contributed by atoms with Gasteiger partial charge in [-0.2, -0.15) is 12.6 Å². The lowest BCUT2D eigenvalue weighted by atomic mass is 10.3. The molecule has 10 heavy (non-hydrogen) atoms. The van der Waals surface area contributed by atoms with Crippen LogP contribution in [0, 0.1) is 0 Å². The maximum absolute atomic E-state index is 10.6. The summed E-state index contributed by atoms with van der Waals surface area (Å²) in [4.78, 5) is 21.0. The summed E-state index contributed by atoms with van der Waals surface area (Å²) < 4.78 is 6.25. The minimum absolute atomic E-state index is 0.122. The molecule has 0 spiro atoms. The highest BCUT2D eigenvalue weighted by molar-refractivity contribution is 7.80. The van der Waals surface area contributed by atoms with Crippen LogP contribution in [0.5, 0.6) is 0 Å². The van der Waals surface area contributed by atoms with E-state index in [4.69, 9.17) is 1.43 Å². The van der Waals surface area contributed by atoms with E-state index >= 15 is 0 Å². The molecule has 0 saturated heterocycles. The molecule has 0 aromatic rings. The lowest BCUT2D eigenvalue weighted by Gasteiger charge is -2.08. The van der Waals surface area contributed by atoms with Crippen molar-refractivity contribution in [2.24, 2.45) is 0 Å². The van der Waals surface area contributed by atoms with Crippen LogP contribution >= 0.6 is 12.6 Å². The molecule has 0 rings (SSSR count). The number of carbonyl (C=O) groups is 2. The van der Waals surface area contributed by atoms with E-state index in [9.17, 15) is 9.59 Å². The van der Waals surface area contributed by atoms with Gasteiger partial charge in [0.15, 0.2) is 0 Å². The van der Waals surface area contributed by atoms with Gasteiger partial charge in [-0.3, -0.25) is 4.79 Å². The van der Waals surface area contributed by atoms with Gasteiger partial charge in [0, 0.05) is 12.7 Å². The molecule has 0 aliphatic heterocycles. The number of thiol groups is 1. The van der Waals surface area contributed by atoms with E-state index in [1.165, 1.54) is 6.92 Å². The molecule has 0 aliphatic carbocycles. The zero-order chi connectivity index (χ0) is 8.85. The van der Waals surface area contributed by atoms with Gasteiger partial charge in [-0.25, -0.2) is 4.79 Å². The molecule has 58 valence electrons. The fourth-order valence-electron chi connectivity index (χ4n) is 0.424. The van der Waals surface area contributed by atoms with E-state index < -0.39 is 12.0 Å². The van der Waals surface area contributed by atoms with Crippen LogP contribution < -0.4 is 5.32 Å². The largest absolute Gasteiger partial charge is 0.480 e. The molecule has 2 N–H and O–H groups in total. The molecule has 0 heterocycles. The van der Waals surface area contributed by atoms with E-state index in [1.807, 2.05) is 0 Å². The number of carbonyl (C=O) groups excluding carboxylic acids is 1. The van der Waals surface area contributed by atoms with Gasteiger partial charge in [-0.1, -0.05) is 0 Å². The van der Waals surface area contributed by atoms with Crippen molar-refractivity contribution in [1.82, 2.24) is 5.32 Å². The highest BCUT2D eigenvalue weighted by atomic mass is 32.1. The Labute approximate surface area is 65.5 Å². The second kappa shape index (κ2) is 4.16. The Hall–Kier alpha value is -0.710. The second-order valence-electron chi connectivity index (χ2n) is 1.75. The Morgan fingerprint density at radius 2 is 2.50 bits per heavy atom. The molecule has 4 nitrogen and oxygen atoms in total. The first-order valence-corrected chi connectivity index (χ1v) is 3.30. The first kappa shape index (κ1) is 7.40. The summed E-state index contributed by atoms with van der Waals surface area (Å²) >= 11 is 3.78. The molecular formula is C5H9NO3S. The van der Waals surface area contributed by atoms with Crippen LogP contribution in [-0.2, 0) is 9.59 Å². The van der Waals surface area contributed by atoms with Crippen LogP contribution in [-0.4, -0.2) is 28.8 Å². The molecule has 0 bridgehead atoms. The van der Waals surface area contributed by atoms with Crippen LogP contribution in [0.2, 0.25) is 0 Å². The van der Waals surface area contributed by atoms with Crippen molar-refractivity contribution >= 4 is 24.5 Å². The van der Waals surface area contributed by atoms with E-state index in [1.54, 1.807) is 0 Å². The average Bonchev–Trinajstić information content (AvgIpc) is 1.98. The molecule has 1 amide bonds. The van der Waals surface area contributed by atoms with E-state index in [-0.39, 0.29) is 11.7 Å². The number of nitrogens with one attached hydrogen (secondary N) is 1. The Balaban J connectivity index is 3.94. The van der Waals surface area contributed by atoms with Crippen LogP contribution in [0.15, 0.2) is 0 Å². The number of hydrogen-bond acceptors (Lipinski definition) is 4. The number of rotatable bonds is 3. The van der Waals surface area contributed by atoms with Gasteiger partial charge in [0.05, 0.1) is 0 Å². The first-order valence-electron chi connectivity index (χ1n) is 3.07. The van der Waals surface area contributed by atoms with Crippen molar-refractivity contribution in [2.75, 3.05) is 5.75 Å². The van der Waals surface area contributed by atoms with Gasteiger partial charge >= 0.3 is 5.97 Å². The summed E-state index contributed by atoms with van der Waals surface area (Å²) in [7, 11) is 0. The molecule has 0 saturated carbocycles. The number of carboxylic acids is 1. The zero-order valence-electron chi connectivity index (χ0n) is 6.46. The lowest BCUT2D eigenvalue weighted by Crippen LogP contribution is -2.40. The summed E-state index contributed by atoms with van der Waals surface area (Å²) in [6.07, 6.45) is 0. The maximum Gasteiger partial charge on any atom is 0.327 e. The van der Waals surface area contributed by atoms with Gasteiger partial charge in [0.2, 0.25) is 5.91 Å². The predicted molar refractivity (Wildman–Crippen MR) is 39.1 cm³/mol. The minimum atomic E-state index is -0.826. The molecule has 0 aromatic heterocycles. The number of amides is 1. The fourth-order valence-corrected chi connectivity index (χ4v) is 0.665. The maximum atomic E-state index is 10.6. The summed E-state index contributed by atoms with van der Waals surface area (Å²) in [6, 6.07) is -0.826. The molecule has 5 heteroatoms. The van der Waals surface area contributed by atoms with E-state index in [0.29, 0.717) is 0 Å². The lowest BCUT2D eigenvalue weighted by molar-refractivity contribution is -0.140. The molecule has 1 atom stereocenters. The minimum Gasteiger partial charge on any atom is -0.480 e. The van der Waals surface area contributed by atoms with Crippen molar-refractivity contribution in [1.29, 1.82) is 1.43 Å². The third-order valence-electron chi connectivity index (χ3n) is 0.845. The third kappa shape index (κ3) is 3.34. The van der Waals surface area contributed by atoms with E-state index in [0.717, 1.165) is 0 Å². The molecule has 0 radical (unpaired) electrons. The standard InChI is InChI=1S/C5H9NO3S/c1-3(7)6-4(2-10)5(8)9/h4,10H,2H2,1H3,(H,6,7)(H,8,9)/t4-/m0/s1/i/hD. The van der Waals surface area contributed by atoms with Crippen molar-refractivity contribution in [3.8, 4) is 0 Å². The Bertz CT molecular complexity index is 164. The Kier molecular flexibility index (Phi) is 3.08. The van der Waals surface area contributed by atoms with Gasteiger partial charge in [-0.15, -0.1) is 0 Å². The smallest absolute Gasteiger partial charge is 0.327 e. The molecule has 0 aliphatic rings. The SMILES string of the molecule is [2H]OC(=O)[C@H](CS)NC(C)=O. The van der Waals surface area contributed by atoms with Crippen LogP contribution in [0.3, 0.4) is 0 Å². The highest BCUT2D eigenvalue weighted by Crippen LogP contribution is 1.86. The average molecular weight is 164 g/mol. The van der Waals surface area contributed by atoms with Crippen molar-refractivity contribution in [2.45, 2.75) is 13.0 Å². The molecule has 0 unspecified atom stereocenters. The summed E-state index contributed by atoms with van der Waals surface area (Å²) in [6.45, 7) is 1.27. The summed E-state index contributed by atoms with van der Waals surface area (Å²) in [5.41, 5.74) is 0. The quantitative estimate of drug-likeness (QED) is 0.493. The zero-order valence-corrected chi connectivity index (χ0v) is 6.35. The van der Waals surface area contributed by atoms with Gasteiger partial charge in [0.1, 0.15) is 6.04 Å². The predicted octanol–water partition coefficient (Wildman–Crippen LogP) is -0.495. The third-order valence-corrected chi connectivity index (χ3v) is 1.21. The number of carboxylic acid groups (broad SMARTS) is 1. The highest BCUT2D eigenvalue weighted by Gasteiger charge is 2.14. The molecule has 0 aromatic carbocycles. The second-order valence-corrected chi connectivity index (χ2v) is 2.12. The normalized spacial score (nSPS) is 13.2. The Morgan fingerprint density at radius 1 is 1.90 bits per heavy atom. The van der Waals surface area contributed by atoms with Crippen LogP contribution in [0.4, 0.5) is 0 Å². The van der Waals surface area contributed by atoms with Gasteiger partial charge in [0.25, 0.3) is 1.43 Å².